The molecule has 1 aromatic heterocycles. The van der Waals surface area contributed by atoms with E-state index in [1.807, 2.05) is 12.3 Å². The molecule has 1 aromatic carbocycles. The third-order valence-electron chi connectivity index (χ3n) is 6.15. The molecule has 0 aliphatic carbocycles. The molecule has 0 saturated carbocycles. The van der Waals surface area contributed by atoms with Gasteiger partial charge in [0, 0.05) is 56.6 Å². The Labute approximate surface area is 172 Å². The summed E-state index contributed by atoms with van der Waals surface area (Å²) in [7, 11) is 0. The fourth-order valence-corrected chi connectivity index (χ4v) is 4.48. The third-order valence-corrected chi connectivity index (χ3v) is 6.15. The van der Waals surface area contributed by atoms with Gasteiger partial charge in [0.25, 0.3) is 0 Å². The molecule has 0 unspecified atom stereocenters. The summed E-state index contributed by atoms with van der Waals surface area (Å²) >= 11 is 0. The molecule has 29 heavy (non-hydrogen) atoms. The number of aromatic nitrogens is 2. The second-order valence-corrected chi connectivity index (χ2v) is 8.05. The van der Waals surface area contributed by atoms with Gasteiger partial charge in [-0.2, -0.15) is 4.98 Å². The van der Waals surface area contributed by atoms with Crippen molar-refractivity contribution in [1.82, 2.24) is 9.97 Å². The number of hydrogen-bond donors (Lipinski definition) is 1. The molecule has 0 bridgehead atoms. The number of piperidine rings is 2. The summed E-state index contributed by atoms with van der Waals surface area (Å²) in [6, 6.07) is 10.6. The quantitative estimate of drug-likeness (QED) is 0.849. The highest BCUT2D eigenvalue weighted by Gasteiger charge is 2.40. The Morgan fingerprint density at radius 3 is 2.28 bits per heavy atom. The van der Waals surface area contributed by atoms with Crippen molar-refractivity contribution in [3.05, 3.63) is 36.5 Å². The lowest BCUT2D eigenvalue weighted by Crippen LogP contribution is -2.45. The number of nitrogens with one attached hydrogen (secondary N) is 1. The van der Waals surface area contributed by atoms with E-state index in [1.165, 1.54) is 24.9 Å². The summed E-state index contributed by atoms with van der Waals surface area (Å²) in [6.45, 7) is 5.48. The average Bonchev–Trinajstić information content (AvgIpc) is 3.23. The van der Waals surface area contributed by atoms with Gasteiger partial charge in [0.15, 0.2) is 5.79 Å². The molecule has 5 rings (SSSR count). The SMILES string of the molecule is c1cc(N2CCC3(CC2)OCCO3)nc(Nc2ccc(N3CCCCC3)cc2)n1. The van der Waals surface area contributed by atoms with Crippen molar-refractivity contribution in [3.63, 3.8) is 0 Å². The summed E-state index contributed by atoms with van der Waals surface area (Å²) in [5.41, 5.74) is 2.30. The largest absolute Gasteiger partial charge is 0.372 e. The lowest BCUT2D eigenvalue weighted by Gasteiger charge is -2.38. The van der Waals surface area contributed by atoms with Gasteiger partial charge in [0.1, 0.15) is 5.82 Å². The van der Waals surface area contributed by atoms with Crippen LogP contribution in [0, 0.1) is 0 Å². The second kappa shape index (κ2) is 8.16. The zero-order chi connectivity index (χ0) is 19.5. The van der Waals surface area contributed by atoms with Crippen LogP contribution in [0.25, 0.3) is 0 Å². The monoisotopic (exact) mass is 395 g/mol. The first-order chi connectivity index (χ1) is 14.3. The molecule has 3 aliphatic heterocycles. The van der Waals surface area contributed by atoms with E-state index < -0.39 is 0 Å². The fourth-order valence-electron chi connectivity index (χ4n) is 4.48. The standard InChI is InChI=1S/C22H29N5O2/c1-2-12-26(13-3-1)19-6-4-18(5-7-19)24-21-23-11-8-20(25-21)27-14-9-22(10-15-27)28-16-17-29-22/h4-8,11H,1-3,9-10,12-17H2,(H,23,24,25). The maximum Gasteiger partial charge on any atom is 0.229 e. The van der Waals surface area contributed by atoms with Crippen LogP contribution in [-0.4, -0.2) is 55.1 Å². The molecule has 0 atom stereocenters. The highest BCUT2D eigenvalue weighted by atomic mass is 16.7. The van der Waals surface area contributed by atoms with Crippen LogP contribution in [0.3, 0.4) is 0 Å². The first kappa shape index (κ1) is 18.6. The Bertz CT molecular complexity index is 806. The molecule has 0 radical (unpaired) electrons. The molecule has 4 heterocycles. The molecular weight excluding hydrogens is 366 g/mol. The van der Waals surface area contributed by atoms with Gasteiger partial charge in [0.2, 0.25) is 5.95 Å². The molecule has 0 amide bonds. The minimum atomic E-state index is -0.360. The lowest BCUT2D eigenvalue weighted by molar-refractivity contribution is -0.169. The minimum absolute atomic E-state index is 0.360. The van der Waals surface area contributed by atoms with Gasteiger partial charge in [-0.3, -0.25) is 0 Å². The van der Waals surface area contributed by atoms with Crippen LogP contribution in [-0.2, 0) is 9.47 Å². The normalized spacial score (nSPS) is 21.5. The van der Waals surface area contributed by atoms with Crippen molar-refractivity contribution in [2.75, 3.05) is 54.5 Å². The van der Waals surface area contributed by atoms with E-state index in [0.717, 1.165) is 50.5 Å². The summed E-state index contributed by atoms with van der Waals surface area (Å²) in [5, 5.41) is 3.35. The van der Waals surface area contributed by atoms with E-state index in [1.54, 1.807) is 0 Å². The van der Waals surface area contributed by atoms with E-state index in [4.69, 9.17) is 14.5 Å². The molecule has 1 N–H and O–H groups in total. The van der Waals surface area contributed by atoms with Gasteiger partial charge >= 0.3 is 0 Å². The Hall–Kier alpha value is -2.38. The Balaban J connectivity index is 1.22. The first-order valence-electron chi connectivity index (χ1n) is 10.8. The van der Waals surface area contributed by atoms with E-state index >= 15 is 0 Å². The Morgan fingerprint density at radius 1 is 0.828 bits per heavy atom. The minimum Gasteiger partial charge on any atom is -0.372 e. The van der Waals surface area contributed by atoms with E-state index in [9.17, 15) is 0 Å². The number of benzene rings is 1. The first-order valence-corrected chi connectivity index (χ1v) is 10.8. The summed E-state index contributed by atoms with van der Waals surface area (Å²) < 4.78 is 11.6. The molecule has 1 spiro atoms. The van der Waals surface area contributed by atoms with Gasteiger partial charge in [-0.05, 0) is 49.6 Å². The smallest absolute Gasteiger partial charge is 0.229 e. The maximum absolute atomic E-state index is 5.82. The highest BCUT2D eigenvalue weighted by molar-refractivity contribution is 5.60. The Morgan fingerprint density at radius 2 is 1.55 bits per heavy atom. The van der Waals surface area contributed by atoms with Gasteiger partial charge in [-0.25, -0.2) is 4.98 Å². The zero-order valence-electron chi connectivity index (χ0n) is 16.8. The predicted molar refractivity (Wildman–Crippen MR) is 114 cm³/mol. The van der Waals surface area contributed by atoms with Gasteiger partial charge in [-0.15, -0.1) is 0 Å². The van der Waals surface area contributed by atoms with Crippen LogP contribution in [0.1, 0.15) is 32.1 Å². The van der Waals surface area contributed by atoms with E-state index in [0.29, 0.717) is 19.2 Å². The molecule has 3 fully saturated rings. The van der Waals surface area contributed by atoms with Crippen molar-refractivity contribution in [3.8, 4) is 0 Å². The van der Waals surface area contributed by atoms with Crippen molar-refractivity contribution >= 4 is 23.1 Å². The van der Waals surface area contributed by atoms with E-state index in [2.05, 4.69) is 44.4 Å². The number of rotatable bonds is 4. The summed E-state index contributed by atoms with van der Waals surface area (Å²) in [6.07, 6.45) is 7.49. The van der Waals surface area contributed by atoms with Crippen molar-refractivity contribution in [2.45, 2.75) is 37.9 Å². The van der Waals surface area contributed by atoms with Gasteiger partial charge < -0.3 is 24.6 Å². The van der Waals surface area contributed by atoms with Crippen molar-refractivity contribution in [1.29, 1.82) is 0 Å². The highest BCUT2D eigenvalue weighted by Crippen LogP contribution is 2.33. The second-order valence-electron chi connectivity index (χ2n) is 8.05. The fraction of sp³-hybridized carbons (Fsp3) is 0.545. The van der Waals surface area contributed by atoms with Crippen LogP contribution in [0.2, 0.25) is 0 Å². The van der Waals surface area contributed by atoms with Crippen molar-refractivity contribution < 1.29 is 9.47 Å². The molecule has 154 valence electrons. The maximum atomic E-state index is 5.82. The topological polar surface area (TPSA) is 62.8 Å². The van der Waals surface area contributed by atoms with Gasteiger partial charge in [0.05, 0.1) is 13.2 Å². The zero-order valence-corrected chi connectivity index (χ0v) is 16.8. The van der Waals surface area contributed by atoms with Crippen LogP contribution in [0.5, 0.6) is 0 Å². The van der Waals surface area contributed by atoms with E-state index in [-0.39, 0.29) is 5.79 Å². The van der Waals surface area contributed by atoms with Crippen LogP contribution >= 0.6 is 0 Å². The molecule has 7 heteroatoms. The third kappa shape index (κ3) is 4.16. The molecule has 3 saturated heterocycles. The molecule has 2 aromatic rings. The molecular formula is C22H29N5O2. The predicted octanol–water partition coefficient (Wildman–Crippen LogP) is 3.55. The Kier molecular flexibility index (Phi) is 5.24. The van der Waals surface area contributed by atoms with Crippen LogP contribution < -0.4 is 15.1 Å². The number of hydrogen-bond acceptors (Lipinski definition) is 7. The van der Waals surface area contributed by atoms with Gasteiger partial charge in [-0.1, -0.05) is 0 Å². The number of ether oxygens (including phenoxy) is 2. The summed E-state index contributed by atoms with van der Waals surface area (Å²) in [4.78, 5) is 13.9. The van der Waals surface area contributed by atoms with Crippen LogP contribution in [0.4, 0.5) is 23.1 Å². The molecule has 3 aliphatic rings. The number of anilines is 4. The average molecular weight is 396 g/mol. The van der Waals surface area contributed by atoms with Crippen LogP contribution in [0.15, 0.2) is 36.5 Å². The lowest BCUT2D eigenvalue weighted by atomic mass is 10.0. The summed E-state index contributed by atoms with van der Waals surface area (Å²) in [5.74, 6) is 1.21. The number of nitrogens with zero attached hydrogens (tertiary/aromatic N) is 4. The van der Waals surface area contributed by atoms with Crippen molar-refractivity contribution in [2.24, 2.45) is 0 Å². The molecule has 7 nitrogen and oxygen atoms in total.